The molecule has 1 aromatic carbocycles. The van der Waals surface area contributed by atoms with Gasteiger partial charge in [0.2, 0.25) is 0 Å². The summed E-state index contributed by atoms with van der Waals surface area (Å²) in [7, 11) is 0. The van der Waals surface area contributed by atoms with Crippen molar-refractivity contribution < 1.29 is 4.79 Å². The van der Waals surface area contributed by atoms with Gasteiger partial charge in [0.05, 0.1) is 10.7 Å². The summed E-state index contributed by atoms with van der Waals surface area (Å²) in [4.78, 5) is 12.1. The number of carbonyl (C=O) groups excluding carboxylic acids is 1. The summed E-state index contributed by atoms with van der Waals surface area (Å²) in [6.07, 6.45) is 4.83. The van der Waals surface area contributed by atoms with Gasteiger partial charge in [-0.1, -0.05) is 36.6 Å². The van der Waals surface area contributed by atoms with Crippen LogP contribution >= 0.6 is 11.6 Å². The SMILES string of the molecule is O=C(Nc1ccccc1Cl)c1ccc(NC2CCCC2)nn1. The molecular formula is C16H17ClN4O. The third-order valence-electron chi connectivity index (χ3n) is 3.73. The number of amides is 1. The average Bonchev–Trinajstić information content (AvgIpc) is 3.03. The van der Waals surface area contributed by atoms with Crippen LogP contribution in [0.5, 0.6) is 0 Å². The van der Waals surface area contributed by atoms with E-state index in [1.54, 1.807) is 30.3 Å². The van der Waals surface area contributed by atoms with Gasteiger partial charge in [-0.05, 0) is 37.1 Å². The Labute approximate surface area is 134 Å². The van der Waals surface area contributed by atoms with Crippen LogP contribution in [0.4, 0.5) is 11.5 Å². The molecule has 5 nitrogen and oxygen atoms in total. The summed E-state index contributed by atoms with van der Waals surface area (Å²) in [5.74, 6) is 0.384. The standard InChI is InChI=1S/C16H17ClN4O/c17-12-7-3-4-8-13(12)19-16(22)14-9-10-15(21-20-14)18-11-5-1-2-6-11/h3-4,7-11H,1-2,5-6H2,(H,18,21)(H,19,22). The molecule has 0 spiro atoms. The van der Waals surface area contributed by atoms with Crippen molar-refractivity contribution in [2.45, 2.75) is 31.7 Å². The van der Waals surface area contributed by atoms with Crippen molar-refractivity contribution in [2.75, 3.05) is 10.6 Å². The molecule has 0 saturated heterocycles. The zero-order valence-corrected chi connectivity index (χ0v) is 12.8. The van der Waals surface area contributed by atoms with Crippen LogP contribution in [0.1, 0.15) is 36.2 Å². The molecule has 114 valence electrons. The number of aromatic nitrogens is 2. The highest BCUT2D eigenvalue weighted by Crippen LogP contribution is 2.22. The minimum Gasteiger partial charge on any atom is -0.366 e. The molecule has 0 atom stereocenters. The Bertz CT molecular complexity index is 653. The van der Waals surface area contributed by atoms with E-state index in [1.807, 2.05) is 6.07 Å². The first-order valence-electron chi connectivity index (χ1n) is 7.38. The number of para-hydroxylation sites is 1. The first kappa shape index (κ1) is 14.8. The van der Waals surface area contributed by atoms with Crippen molar-refractivity contribution >= 4 is 29.0 Å². The second-order valence-corrected chi connectivity index (χ2v) is 5.77. The van der Waals surface area contributed by atoms with Gasteiger partial charge in [0.1, 0.15) is 5.82 Å². The van der Waals surface area contributed by atoms with E-state index in [-0.39, 0.29) is 11.6 Å². The molecule has 1 amide bonds. The largest absolute Gasteiger partial charge is 0.366 e. The number of benzene rings is 1. The van der Waals surface area contributed by atoms with Crippen LogP contribution in [-0.4, -0.2) is 22.1 Å². The Morgan fingerprint density at radius 3 is 2.55 bits per heavy atom. The number of nitrogens with one attached hydrogen (secondary N) is 2. The maximum Gasteiger partial charge on any atom is 0.276 e. The number of carbonyl (C=O) groups is 1. The van der Waals surface area contributed by atoms with E-state index in [2.05, 4.69) is 20.8 Å². The molecule has 1 fully saturated rings. The van der Waals surface area contributed by atoms with Gasteiger partial charge in [0.15, 0.2) is 5.69 Å². The van der Waals surface area contributed by atoms with Gasteiger partial charge in [-0.2, -0.15) is 0 Å². The zero-order valence-electron chi connectivity index (χ0n) is 12.1. The smallest absolute Gasteiger partial charge is 0.276 e. The Balaban J connectivity index is 1.64. The normalized spacial score (nSPS) is 14.8. The van der Waals surface area contributed by atoms with Gasteiger partial charge < -0.3 is 10.6 Å². The maximum absolute atomic E-state index is 12.1. The van der Waals surface area contributed by atoms with Gasteiger partial charge in [-0.15, -0.1) is 10.2 Å². The summed E-state index contributed by atoms with van der Waals surface area (Å²) < 4.78 is 0. The van der Waals surface area contributed by atoms with E-state index in [0.29, 0.717) is 22.6 Å². The fourth-order valence-corrected chi connectivity index (χ4v) is 2.74. The molecule has 0 unspecified atom stereocenters. The Kier molecular flexibility index (Phi) is 4.53. The predicted octanol–water partition coefficient (Wildman–Crippen LogP) is 3.74. The molecule has 0 aliphatic heterocycles. The molecule has 0 radical (unpaired) electrons. The molecule has 1 heterocycles. The number of halogens is 1. The van der Waals surface area contributed by atoms with Crippen LogP contribution in [0.3, 0.4) is 0 Å². The van der Waals surface area contributed by atoms with Crippen LogP contribution in [0.25, 0.3) is 0 Å². The highest BCUT2D eigenvalue weighted by molar-refractivity contribution is 6.33. The van der Waals surface area contributed by atoms with Gasteiger partial charge in [0, 0.05) is 6.04 Å². The molecule has 2 aromatic rings. The first-order chi connectivity index (χ1) is 10.7. The average molecular weight is 317 g/mol. The summed E-state index contributed by atoms with van der Waals surface area (Å²) in [6.45, 7) is 0. The fraction of sp³-hybridized carbons (Fsp3) is 0.312. The van der Waals surface area contributed by atoms with Crippen LogP contribution in [-0.2, 0) is 0 Å². The van der Waals surface area contributed by atoms with Crippen molar-refractivity contribution in [3.05, 3.63) is 47.1 Å². The van der Waals surface area contributed by atoms with Gasteiger partial charge in [-0.3, -0.25) is 4.79 Å². The van der Waals surface area contributed by atoms with Crippen LogP contribution in [0.15, 0.2) is 36.4 Å². The van der Waals surface area contributed by atoms with E-state index < -0.39 is 0 Å². The Morgan fingerprint density at radius 1 is 1.09 bits per heavy atom. The fourth-order valence-electron chi connectivity index (χ4n) is 2.56. The summed E-state index contributed by atoms with van der Waals surface area (Å²) in [6, 6.07) is 11.0. The molecule has 6 heteroatoms. The van der Waals surface area contributed by atoms with Crippen molar-refractivity contribution in [3.8, 4) is 0 Å². The number of anilines is 2. The second-order valence-electron chi connectivity index (χ2n) is 5.36. The Morgan fingerprint density at radius 2 is 1.86 bits per heavy atom. The lowest BCUT2D eigenvalue weighted by atomic mass is 10.2. The van der Waals surface area contributed by atoms with Gasteiger partial charge in [0.25, 0.3) is 5.91 Å². The summed E-state index contributed by atoms with van der Waals surface area (Å²) >= 11 is 6.02. The maximum atomic E-state index is 12.1. The quantitative estimate of drug-likeness (QED) is 0.901. The van der Waals surface area contributed by atoms with E-state index in [9.17, 15) is 4.79 Å². The minimum atomic E-state index is -0.326. The predicted molar refractivity (Wildman–Crippen MR) is 87.3 cm³/mol. The molecule has 1 saturated carbocycles. The Hall–Kier alpha value is -2.14. The molecule has 22 heavy (non-hydrogen) atoms. The van der Waals surface area contributed by atoms with E-state index in [4.69, 9.17) is 11.6 Å². The third-order valence-corrected chi connectivity index (χ3v) is 4.06. The molecule has 0 bridgehead atoms. The second kappa shape index (κ2) is 6.75. The highest BCUT2D eigenvalue weighted by Gasteiger charge is 2.16. The zero-order chi connectivity index (χ0) is 15.4. The van der Waals surface area contributed by atoms with E-state index >= 15 is 0 Å². The van der Waals surface area contributed by atoms with Crippen molar-refractivity contribution in [2.24, 2.45) is 0 Å². The van der Waals surface area contributed by atoms with Crippen LogP contribution < -0.4 is 10.6 Å². The topological polar surface area (TPSA) is 66.9 Å². The highest BCUT2D eigenvalue weighted by atomic mass is 35.5. The monoisotopic (exact) mass is 316 g/mol. The molecular weight excluding hydrogens is 300 g/mol. The van der Waals surface area contributed by atoms with Crippen molar-refractivity contribution in [3.63, 3.8) is 0 Å². The lowest BCUT2D eigenvalue weighted by Gasteiger charge is -2.12. The number of nitrogens with zero attached hydrogens (tertiary/aromatic N) is 2. The van der Waals surface area contributed by atoms with Crippen molar-refractivity contribution in [1.29, 1.82) is 0 Å². The van der Waals surface area contributed by atoms with E-state index in [1.165, 1.54) is 12.8 Å². The third kappa shape index (κ3) is 3.54. The van der Waals surface area contributed by atoms with Crippen molar-refractivity contribution in [1.82, 2.24) is 10.2 Å². The first-order valence-corrected chi connectivity index (χ1v) is 7.76. The molecule has 1 aliphatic rings. The summed E-state index contributed by atoms with van der Waals surface area (Å²) in [5, 5.41) is 14.6. The lowest BCUT2D eigenvalue weighted by Crippen LogP contribution is -2.18. The van der Waals surface area contributed by atoms with Gasteiger partial charge >= 0.3 is 0 Å². The molecule has 2 N–H and O–H groups in total. The molecule has 1 aromatic heterocycles. The van der Waals surface area contributed by atoms with Crippen LogP contribution in [0.2, 0.25) is 5.02 Å². The minimum absolute atomic E-state index is 0.261. The summed E-state index contributed by atoms with van der Waals surface area (Å²) in [5.41, 5.74) is 0.820. The number of hydrogen-bond donors (Lipinski definition) is 2. The van der Waals surface area contributed by atoms with Gasteiger partial charge in [-0.25, -0.2) is 0 Å². The van der Waals surface area contributed by atoms with E-state index in [0.717, 1.165) is 12.8 Å². The lowest BCUT2D eigenvalue weighted by molar-refractivity contribution is 0.102. The van der Waals surface area contributed by atoms with Crippen LogP contribution in [0, 0.1) is 0 Å². The molecule has 1 aliphatic carbocycles. The molecule has 3 rings (SSSR count). The number of hydrogen-bond acceptors (Lipinski definition) is 4. The number of rotatable bonds is 4.